The highest BCUT2D eigenvalue weighted by Crippen LogP contribution is 2.53. The number of benzene rings is 2. The molecule has 2 aromatic rings. The van der Waals surface area contributed by atoms with Gasteiger partial charge in [-0.2, -0.15) is 0 Å². The maximum Gasteiger partial charge on any atom is 0.272 e. The van der Waals surface area contributed by atoms with Crippen LogP contribution < -0.4 is 10.6 Å². The Balaban J connectivity index is 1.09. The summed E-state index contributed by atoms with van der Waals surface area (Å²) in [5.41, 5.74) is 1.73. The minimum atomic E-state index is -1.22. The summed E-state index contributed by atoms with van der Waals surface area (Å²) in [4.78, 5) is 109. The van der Waals surface area contributed by atoms with E-state index in [0.29, 0.717) is 45.3 Å². The van der Waals surface area contributed by atoms with Gasteiger partial charge in [-0.3, -0.25) is 58.4 Å². The summed E-state index contributed by atoms with van der Waals surface area (Å²) >= 11 is 0. The Hall–Kier alpha value is -5.33. The Bertz CT molecular complexity index is 2330. The molecule has 0 spiro atoms. The number of ether oxygens (including phenoxy) is 2. The second-order valence-corrected chi connectivity index (χ2v) is 22.1. The summed E-state index contributed by atoms with van der Waals surface area (Å²) in [6.45, 7) is 15.7. The third-order valence-corrected chi connectivity index (χ3v) is 16.4. The maximum absolute atomic E-state index is 14.7. The minimum Gasteiger partial charge on any atom is -0.379 e. The number of hydrogen-bond acceptors (Lipinski definition) is 12. The average Bonchev–Trinajstić information content (AvgIpc) is 3.73. The Labute approximate surface area is 445 Å². The smallest absolute Gasteiger partial charge is 0.272 e. The zero-order chi connectivity index (χ0) is 54.7. The monoisotopic (exact) mass is 1040 g/mol. The van der Waals surface area contributed by atoms with Gasteiger partial charge in [-0.15, -0.1) is 0 Å². The first kappa shape index (κ1) is 58.9. The van der Waals surface area contributed by atoms with Crippen molar-refractivity contribution in [1.29, 1.82) is 0 Å². The third-order valence-electron chi connectivity index (χ3n) is 16.4. The molecule has 4 aliphatic rings. The van der Waals surface area contributed by atoms with Crippen molar-refractivity contribution in [3.63, 3.8) is 0 Å². The van der Waals surface area contributed by atoms with Crippen LogP contribution in [0.2, 0.25) is 0 Å². The standard InChI is InChI=1S/C58H85N7O10/c1-12-39(6)52(62(9)51(38(4)5)56(71)59-55(70)50(37(2)3)61(8)30-20-13-14-21-31-64-47(66)28-29-48(64)67)46(73-10)33-49(68)63-32-22-27-45(63)53(74-11)40(7)54(69)60-58(34-44(58)41-23-16-15-17-24-41)57(72)65-35-42-25-18-19-26-43(42)36-75-65/h15-19,23-26,28-29,37-40,44-46,50-53H,12-14,20-22,27,30-36H2,1-11H3,(H,60,69)(H,59,70,71)/t39-,40+,44+,45-,46+,50-,51-,52-,53+,58-/m0/s1. The van der Waals surface area contributed by atoms with Crippen LogP contribution in [0, 0.1) is 23.7 Å². The molecule has 2 aromatic carbocycles. The second-order valence-electron chi connectivity index (χ2n) is 22.1. The second kappa shape index (κ2) is 26.6. The van der Waals surface area contributed by atoms with Crippen LogP contribution in [0.4, 0.5) is 0 Å². The molecular formula is C58H85N7O10. The molecule has 75 heavy (non-hydrogen) atoms. The molecule has 1 saturated heterocycles. The van der Waals surface area contributed by atoms with Crippen LogP contribution in [0.1, 0.15) is 129 Å². The number of rotatable bonds is 27. The Morgan fingerprint density at radius 2 is 1.43 bits per heavy atom. The highest BCUT2D eigenvalue weighted by molar-refractivity contribution is 6.12. The first-order chi connectivity index (χ1) is 35.8. The fraction of sp³-hybridized carbons (Fsp3) is 0.638. The van der Waals surface area contributed by atoms with E-state index in [1.807, 2.05) is 111 Å². The lowest BCUT2D eigenvalue weighted by molar-refractivity contribution is -0.204. The normalized spacial score (nSPS) is 22.3. The first-order valence-electron chi connectivity index (χ1n) is 27.3. The van der Waals surface area contributed by atoms with Gasteiger partial charge < -0.3 is 19.7 Å². The number of hydrogen-bond donors (Lipinski definition) is 2. The van der Waals surface area contributed by atoms with Gasteiger partial charge in [-0.05, 0) is 87.2 Å². The fourth-order valence-electron chi connectivity index (χ4n) is 12.1. The van der Waals surface area contributed by atoms with E-state index in [0.717, 1.165) is 42.4 Å². The molecule has 0 bridgehead atoms. The molecule has 3 aliphatic heterocycles. The summed E-state index contributed by atoms with van der Waals surface area (Å²) in [5.74, 6) is -3.48. The number of imide groups is 2. The summed E-state index contributed by atoms with van der Waals surface area (Å²) < 4.78 is 12.4. The number of unbranched alkanes of at least 4 members (excludes halogenated alkanes) is 3. The van der Waals surface area contributed by atoms with E-state index in [-0.39, 0.29) is 78.7 Å². The molecule has 412 valence electrons. The lowest BCUT2D eigenvalue weighted by atomic mass is 9.87. The first-order valence-corrected chi connectivity index (χ1v) is 27.3. The zero-order valence-electron chi connectivity index (χ0n) is 46.4. The summed E-state index contributed by atoms with van der Waals surface area (Å²) in [6, 6.07) is 15.4. The van der Waals surface area contributed by atoms with Crippen molar-refractivity contribution >= 4 is 41.4 Å². The molecule has 1 saturated carbocycles. The van der Waals surface area contributed by atoms with E-state index in [1.54, 1.807) is 21.1 Å². The molecule has 3 heterocycles. The Morgan fingerprint density at radius 3 is 2.05 bits per heavy atom. The largest absolute Gasteiger partial charge is 0.379 e. The van der Waals surface area contributed by atoms with Crippen molar-refractivity contribution in [3.8, 4) is 0 Å². The van der Waals surface area contributed by atoms with Gasteiger partial charge in [-0.25, -0.2) is 5.06 Å². The van der Waals surface area contributed by atoms with E-state index in [4.69, 9.17) is 14.3 Å². The van der Waals surface area contributed by atoms with Crippen LogP contribution in [0.25, 0.3) is 0 Å². The van der Waals surface area contributed by atoms with E-state index in [9.17, 15) is 33.6 Å². The van der Waals surface area contributed by atoms with Gasteiger partial charge in [0.2, 0.25) is 23.6 Å². The third kappa shape index (κ3) is 13.8. The van der Waals surface area contributed by atoms with Crippen molar-refractivity contribution in [2.24, 2.45) is 23.7 Å². The molecule has 2 N–H and O–H groups in total. The molecular weight excluding hydrogens is 955 g/mol. The predicted octanol–water partition coefficient (Wildman–Crippen LogP) is 6.01. The number of amides is 7. The number of methoxy groups -OCH3 is 2. The molecule has 2 fully saturated rings. The number of carbonyl (C=O) groups is 7. The van der Waals surface area contributed by atoms with Crippen LogP contribution in [0.3, 0.4) is 0 Å². The molecule has 0 radical (unpaired) electrons. The molecule has 10 atom stereocenters. The lowest BCUT2D eigenvalue weighted by Gasteiger charge is -2.43. The number of nitrogens with one attached hydrogen (secondary N) is 2. The van der Waals surface area contributed by atoms with Gasteiger partial charge in [0.1, 0.15) is 12.1 Å². The zero-order valence-corrected chi connectivity index (χ0v) is 46.4. The molecule has 6 rings (SSSR count). The quantitative estimate of drug-likeness (QED) is 0.0786. The van der Waals surface area contributed by atoms with Gasteiger partial charge in [0, 0.05) is 51.4 Å². The van der Waals surface area contributed by atoms with Crippen LogP contribution in [-0.4, -0.2) is 156 Å². The van der Waals surface area contributed by atoms with E-state index in [2.05, 4.69) is 24.5 Å². The lowest BCUT2D eigenvalue weighted by Crippen LogP contribution is -2.60. The van der Waals surface area contributed by atoms with E-state index >= 15 is 0 Å². The van der Waals surface area contributed by atoms with Crippen LogP contribution in [0.15, 0.2) is 66.7 Å². The van der Waals surface area contributed by atoms with Crippen molar-refractivity contribution in [1.82, 2.24) is 35.3 Å². The van der Waals surface area contributed by atoms with Gasteiger partial charge in [-0.1, -0.05) is 122 Å². The van der Waals surface area contributed by atoms with Crippen molar-refractivity contribution < 1.29 is 47.9 Å². The van der Waals surface area contributed by atoms with Gasteiger partial charge in [0.05, 0.1) is 49.2 Å². The predicted molar refractivity (Wildman–Crippen MR) is 285 cm³/mol. The highest BCUT2D eigenvalue weighted by Gasteiger charge is 2.64. The SMILES string of the molecule is CC[C@H](C)[C@@H]([C@@H](CC(=O)N1CCC[C@H]1[C@H](OC)[C@@H](C)C(=O)N[C@@]1(C(=O)N2Cc3ccccc3CO2)C[C@@H]1c1ccccc1)OC)N(C)[C@H](C(=O)NC(=O)[C@H](C(C)C)N(C)CCCCCCN1C(=O)C=CC1=O)C(C)C. The topological polar surface area (TPSA) is 187 Å². The van der Waals surface area contributed by atoms with Gasteiger partial charge >= 0.3 is 0 Å². The van der Waals surface area contributed by atoms with Gasteiger partial charge in [0.15, 0.2) is 0 Å². The van der Waals surface area contributed by atoms with E-state index in [1.165, 1.54) is 22.1 Å². The molecule has 0 unspecified atom stereocenters. The number of likely N-dealkylation sites (tertiary alicyclic amines) is 1. The van der Waals surface area contributed by atoms with Crippen LogP contribution >= 0.6 is 0 Å². The highest BCUT2D eigenvalue weighted by atomic mass is 16.7. The Morgan fingerprint density at radius 1 is 0.800 bits per heavy atom. The number of fused-ring (bicyclic) bond motifs is 1. The fourth-order valence-corrected chi connectivity index (χ4v) is 12.1. The number of hydroxylamine groups is 2. The maximum atomic E-state index is 14.7. The molecule has 1 aliphatic carbocycles. The summed E-state index contributed by atoms with van der Waals surface area (Å²) in [6.07, 6.45) is 6.94. The average molecular weight is 1040 g/mol. The van der Waals surface area contributed by atoms with E-state index < -0.39 is 53.7 Å². The summed E-state index contributed by atoms with van der Waals surface area (Å²) in [7, 11) is 6.90. The molecule has 7 amide bonds. The number of nitrogens with zero attached hydrogens (tertiary/aromatic N) is 5. The summed E-state index contributed by atoms with van der Waals surface area (Å²) in [5, 5.41) is 7.36. The molecule has 0 aromatic heterocycles. The van der Waals surface area contributed by atoms with Crippen LogP contribution in [-0.2, 0) is 61.0 Å². The van der Waals surface area contributed by atoms with Gasteiger partial charge in [0.25, 0.3) is 17.7 Å². The van der Waals surface area contributed by atoms with Crippen molar-refractivity contribution in [2.45, 2.75) is 167 Å². The minimum absolute atomic E-state index is 0.00991. The number of likely N-dealkylation sites (N-methyl/N-ethyl adjacent to an activating group) is 2. The molecule has 17 nitrogen and oxygen atoms in total. The number of carbonyl (C=O) groups excluding carboxylic acids is 7. The van der Waals surface area contributed by atoms with Crippen molar-refractivity contribution in [2.75, 3.05) is 47.9 Å². The van der Waals surface area contributed by atoms with Crippen molar-refractivity contribution in [3.05, 3.63) is 83.4 Å². The Kier molecular flexibility index (Phi) is 20.9. The van der Waals surface area contributed by atoms with Crippen LogP contribution in [0.5, 0.6) is 0 Å². The molecule has 17 heteroatoms.